The fourth-order valence-corrected chi connectivity index (χ4v) is 2.65. The molecule has 1 aliphatic rings. The molecule has 17 heavy (non-hydrogen) atoms. The van der Waals surface area contributed by atoms with E-state index < -0.39 is 0 Å². The predicted molar refractivity (Wildman–Crippen MR) is 69.9 cm³/mol. The van der Waals surface area contributed by atoms with Crippen LogP contribution in [-0.2, 0) is 0 Å². The topological polar surface area (TPSA) is 46.2 Å². The highest BCUT2D eigenvalue weighted by Gasteiger charge is 2.26. The summed E-state index contributed by atoms with van der Waals surface area (Å²) in [7, 11) is 0. The minimum atomic E-state index is 0.106. The summed E-state index contributed by atoms with van der Waals surface area (Å²) in [6, 6.07) is 11.8. The first-order chi connectivity index (χ1) is 8.27. The van der Waals surface area contributed by atoms with Crippen molar-refractivity contribution in [3.63, 3.8) is 0 Å². The smallest absolute Gasteiger partial charge is 0.123 e. The molecule has 2 nitrogen and oxygen atoms in total. The van der Waals surface area contributed by atoms with Gasteiger partial charge < -0.3 is 10.8 Å². The zero-order valence-electron chi connectivity index (χ0n) is 9.76. The van der Waals surface area contributed by atoms with Crippen LogP contribution in [0.2, 0.25) is 0 Å². The number of rotatable bonds is 2. The Morgan fingerprint density at radius 2 is 1.76 bits per heavy atom. The van der Waals surface area contributed by atoms with E-state index in [9.17, 15) is 5.11 Å². The van der Waals surface area contributed by atoms with Crippen LogP contribution in [0.3, 0.4) is 0 Å². The van der Waals surface area contributed by atoms with Gasteiger partial charge in [0.1, 0.15) is 5.75 Å². The van der Waals surface area contributed by atoms with Crippen molar-refractivity contribution in [3.05, 3.63) is 42.0 Å². The molecule has 2 aromatic rings. The third-order valence-electron chi connectivity index (χ3n) is 3.95. The molecule has 1 fully saturated rings. The molecule has 88 valence electrons. The van der Waals surface area contributed by atoms with E-state index in [4.69, 9.17) is 5.73 Å². The van der Waals surface area contributed by atoms with Crippen LogP contribution in [0.15, 0.2) is 36.4 Å². The van der Waals surface area contributed by atoms with Crippen molar-refractivity contribution in [2.75, 3.05) is 0 Å². The average Bonchev–Trinajstić information content (AvgIpc) is 2.27. The molecule has 0 unspecified atom stereocenters. The van der Waals surface area contributed by atoms with E-state index in [0.29, 0.717) is 11.7 Å². The molecule has 0 saturated heterocycles. The second kappa shape index (κ2) is 4.04. The Morgan fingerprint density at radius 1 is 1.06 bits per heavy atom. The normalized spacial score (nSPS) is 17.9. The monoisotopic (exact) mass is 227 g/mol. The van der Waals surface area contributed by atoms with Crippen molar-refractivity contribution in [3.8, 4) is 5.75 Å². The minimum Gasteiger partial charge on any atom is -0.507 e. The molecule has 2 heteroatoms. The van der Waals surface area contributed by atoms with Crippen molar-refractivity contribution in [1.82, 2.24) is 0 Å². The fraction of sp³-hybridized carbons (Fsp3) is 0.333. The van der Waals surface area contributed by atoms with E-state index in [-0.39, 0.29) is 6.04 Å². The van der Waals surface area contributed by atoms with Gasteiger partial charge in [0, 0.05) is 11.4 Å². The maximum atomic E-state index is 9.85. The standard InChI is InChI=1S/C15H17NO/c16-15(10-4-3-5-10)13-8-9-14(17)12-7-2-1-6-11(12)13/h1-2,6-10,15,17H,3-5,16H2/t15-/m0/s1. The van der Waals surface area contributed by atoms with Gasteiger partial charge in [-0.15, -0.1) is 0 Å². The summed E-state index contributed by atoms with van der Waals surface area (Å²) >= 11 is 0. The maximum Gasteiger partial charge on any atom is 0.123 e. The van der Waals surface area contributed by atoms with Crippen LogP contribution in [0.4, 0.5) is 0 Å². The van der Waals surface area contributed by atoms with Crippen LogP contribution >= 0.6 is 0 Å². The Balaban J connectivity index is 2.12. The number of fused-ring (bicyclic) bond motifs is 1. The molecule has 0 amide bonds. The van der Waals surface area contributed by atoms with E-state index in [1.165, 1.54) is 24.8 Å². The molecule has 2 aromatic carbocycles. The summed E-state index contributed by atoms with van der Waals surface area (Å²) in [6.07, 6.45) is 3.77. The van der Waals surface area contributed by atoms with Crippen LogP contribution in [0, 0.1) is 5.92 Å². The summed E-state index contributed by atoms with van der Waals surface area (Å²) in [5.74, 6) is 0.952. The first-order valence-electron chi connectivity index (χ1n) is 6.23. The molecule has 1 atom stereocenters. The molecule has 0 radical (unpaired) electrons. The second-order valence-corrected chi connectivity index (χ2v) is 4.94. The van der Waals surface area contributed by atoms with Crippen molar-refractivity contribution in [2.45, 2.75) is 25.3 Å². The third-order valence-corrected chi connectivity index (χ3v) is 3.95. The van der Waals surface area contributed by atoms with Crippen molar-refractivity contribution < 1.29 is 5.11 Å². The van der Waals surface area contributed by atoms with Gasteiger partial charge in [-0.2, -0.15) is 0 Å². The van der Waals surface area contributed by atoms with Crippen LogP contribution in [0.25, 0.3) is 10.8 Å². The Bertz CT molecular complexity index is 546. The third kappa shape index (κ3) is 1.69. The number of phenolic OH excluding ortho intramolecular Hbond substituents is 1. The minimum absolute atomic E-state index is 0.106. The number of benzene rings is 2. The zero-order chi connectivity index (χ0) is 11.8. The SMILES string of the molecule is N[C@H](c1ccc(O)c2ccccc12)C1CCC1. The molecular weight excluding hydrogens is 210 g/mol. The molecule has 3 rings (SSSR count). The van der Waals surface area contributed by atoms with E-state index in [1.54, 1.807) is 6.07 Å². The van der Waals surface area contributed by atoms with Gasteiger partial charge in [-0.3, -0.25) is 0 Å². The molecular formula is C15H17NO. The van der Waals surface area contributed by atoms with Gasteiger partial charge in [0.25, 0.3) is 0 Å². The molecule has 0 aromatic heterocycles. The quantitative estimate of drug-likeness (QED) is 0.826. The first-order valence-corrected chi connectivity index (χ1v) is 6.23. The fourth-order valence-electron chi connectivity index (χ4n) is 2.65. The summed E-state index contributed by atoms with van der Waals surface area (Å²) in [4.78, 5) is 0. The molecule has 1 saturated carbocycles. The molecule has 0 aliphatic heterocycles. The highest BCUT2D eigenvalue weighted by atomic mass is 16.3. The molecule has 0 bridgehead atoms. The number of hydrogen-bond acceptors (Lipinski definition) is 2. The van der Waals surface area contributed by atoms with Gasteiger partial charge in [-0.1, -0.05) is 36.8 Å². The molecule has 3 N–H and O–H groups in total. The first kappa shape index (κ1) is 10.6. The van der Waals surface area contributed by atoms with Gasteiger partial charge in [0.15, 0.2) is 0 Å². The lowest BCUT2D eigenvalue weighted by Crippen LogP contribution is -2.26. The Hall–Kier alpha value is -1.54. The summed E-state index contributed by atoms with van der Waals surface area (Å²) in [5.41, 5.74) is 7.50. The van der Waals surface area contributed by atoms with E-state index in [0.717, 1.165) is 10.8 Å². The molecule has 1 aliphatic carbocycles. The second-order valence-electron chi connectivity index (χ2n) is 4.94. The average molecular weight is 227 g/mol. The number of nitrogens with two attached hydrogens (primary N) is 1. The number of phenols is 1. The van der Waals surface area contributed by atoms with Gasteiger partial charge in [-0.05, 0) is 35.8 Å². The Morgan fingerprint density at radius 3 is 2.41 bits per heavy atom. The van der Waals surface area contributed by atoms with E-state index in [1.807, 2.05) is 30.3 Å². The Kier molecular flexibility index (Phi) is 2.52. The zero-order valence-corrected chi connectivity index (χ0v) is 9.76. The summed E-state index contributed by atoms with van der Waals surface area (Å²) < 4.78 is 0. The predicted octanol–water partition coefficient (Wildman–Crippen LogP) is 3.35. The summed E-state index contributed by atoms with van der Waals surface area (Å²) in [6.45, 7) is 0. The lowest BCUT2D eigenvalue weighted by molar-refractivity contribution is 0.265. The lowest BCUT2D eigenvalue weighted by Gasteiger charge is -2.32. The largest absolute Gasteiger partial charge is 0.507 e. The van der Waals surface area contributed by atoms with Crippen LogP contribution < -0.4 is 5.73 Å². The highest BCUT2D eigenvalue weighted by Crippen LogP contribution is 2.39. The van der Waals surface area contributed by atoms with Crippen LogP contribution in [0.1, 0.15) is 30.9 Å². The molecule has 0 spiro atoms. The van der Waals surface area contributed by atoms with Crippen LogP contribution in [0.5, 0.6) is 5.75 Å². The van der Waals surface area contributed by atoms with E-state index >= 15 is 0 Å². The van der Waals surface area contributed by atoms with Gasteiger partial charge >= 0.3 is 0 Å². The van der Waals surface area contributed by atoms with Gasteiger partial charge in [0.05, 0.1) is 0 Å². The van der Waals surface area contributed by atoms with Gasteiger partial charge in [0.2, 0.25) is 0 Å². The van der Waals surface area contributed by atoms with Gasteiger partial charge in [-0.25, -0.2) is 0 Å². The number of aromatic hydroxyl groups is 1. The Labute approximate surface area is 101 Å². The van der Waals surface area contributed by atoms with Crippen LogP contribution in [-0.4, -0.2) is 5.11 Å². The van der Waals surface area contributed by atoms with E-state index in [2.05, 4.69) is 0 Å². The summed E-state index contributed by atoms with van der Waals surface area (Å²) in [5, 5.41) is 11.8. The lowest BCUT2D eigenvalue weighted by atomic mass is 9.77. The van der Waals surface area contributed by atoms with Crippen molar-refractivity contribution in [1.29, 1.82) is 0 Å². The van der Waals surface area contributed by atoms with Crippen molar-refractivity contribution >= 4 is 10.8 Å². The number of hydrogen-bond donors (Lipinski definition) is 2. The van der Waals surface area contributed by atoms with Crippen molar-refractivity contribution in [2.24, 2.45) is 11.7 Å². The maximum absolute atomic E-state index is 9.85. The molecule has 0 heterocycles. The highest BCUT2D eigenvalue weighted by molar-refractivity contribution is 5.91.